The second-order valence-electron chi connectivity index (χ2n) is 4.74. The van der Waals surface area contributed by atoms with E-state index in [1.165, 1.54) is 16.3 Å². The summed E-state index contributed by atoms with van der Waals surface area (Å²) in [6.07, 6.45) is 0. The van der Waals surface area contributed by atoms with Crippen LogP contribution in [-0.2, 0) is 0 Å². The maximum Gasteiger partial charge on any atom is 0.125 e. The molecule has 1 unspecified atom stereocenters. The molecular formula is C17H17NO. The Morgan fingerprint density at radius 2 is 1.74 bits per heavy atom. The highest BCUT2D eigenvalue weighted by molar-refractivity contribution is 5.86. The van der Waals surface area contributed by atoms with Gasteiger partial charge in [0.2, 0.25) is 0 Å². The maximum absolute atomic E-state index is 5.78. The van der Waals surface area contributed by atoms with Crippen molar-refractivity contribution < 1.29 is 4.42 Å². The predicted octanol–water partition coefficient (Wildman–Crippen LogP) is 4.05. The van der Waals surface area contributed by atoms with Crippen molar-refractivity contribution in [3.8, 4) is 0 Å². The number of hydrogen-bond donors (Lipinski definition) is 1. The summed E-state index contributed by atoms with van der Waals surface area (Å²) in [5, 5.41) is 5.86. The monoisotopic (exact) mass is 251 g/mol. The Morgan fingerprint density at radius 1 is 0.947 bits per heavy atom. The molecule has 2 aromatic carbocycles. The summed E-state index contributed by atoms with van der Waals surface area (Å²) in [5.74, 6) is 1.90. The molecule has 96 valence electrons. The fourth-order valence-electron chi connectivity index (χ4n) is 2.56. The van der Waals surface area contributed by atoms with Gasteiger partial charge in [-0.15, -0.1) is 0 Å². The van der Waals surface area contributed by atoms with Crippen LogP contribution in [0, 0.1) is 6.92 Å². The van der Waals surface area contributed by atoms with Crippen molar-refractivity contribution in [3.05, 3.63) is 71.7 Å². The average Bonchev–Trinajstić information content (AvgIpc) is 2.86. The van der Waals surface area contributed by atoms with Crippen LogP contribution in [0.2, 0.25) is 0 Å². The Morgan fingerprint density at radius 3 is 2.47 bits per heavy atom. The van der Waals surface area contributed by atoms with Crippen LogP contribution < -0.4 is 5.32 Å². The van der Waals surface area contributed by atoms with E-state index >= 15 is 0 Å². The number of rotatable bonds is 3. The van der Waals surface area contributed by atoms with Gasteiger partial charge in [-0.3, -0.25) is 0 Å². The van der Waals surface area contributed by atoms with Gasteiger partial charge in [-0.25, -0.2) is 0 Å². The second-order valence-corrected chi connectivity index (χ2v) is 4.74. The SMILES string of the molecule is CNC(c1ccc(C)o1)c1cccc2ccccc12. The third kappa shape index (κ3) is 2.15. The van der Waals surface area contributed by atoms with Gasteiger partial charge in [0.05, 0.1) is 6.04 Å². The third-order valence-corrected chi connectivity index (χ3v) is 3.47. The van der Waals surface area contributed by atoms with Crippen LogP contribution >= 0.6 is 0 Å². The molecule has 0 aliphatic carbocycles. The molecule has 0 spiro atoms. The van der Waals surface area contributed by atoms with Gasteiger partial charge in [0.25, 0.3) is 0 Å². The largest absolute Gasteiger partial charge is 0.464 e. The summed E-state index contributed by atoms with van der Waals surface area (Å²) in [5.41, 5.74) is 1.25. The van der Waals surface area contributed by atoms with E-state index in [0.29, 0.717) is 0 Å². The number of hydrogen-bond acceptors (Lipinski definition) is 2. The molecule has 0 aliphatic rings. The molecule has 2 heteroatoms. The molecule has 0 bridgehead atoms. The van der Waals surface area contributed by atoms with Gasteiger partial charge in [-0.1, -0.05) is 42.5 Å². The molecule has 3 rings (SSSR count). The lowest BCUT2D eigenvalue weighted by Crippen LogP contribution is -2.17. The molecular weight excluding hydrogens is 234 g/mol. The van der Waals surface area contributed by atoms with Crippen LogP contribution in [0.1, 0.15) is 23.1 Å². The molecule has 1 aromatic heterocycles. The van der Waals surface area contributed by atoms with E-state index < -0.39 is 0 Å². The van der Waals surface area contributed by atoms with Gasteiger partial charge in [0, 0.05) is 0 Å². The van der Waals surface area contributed by atoms with Crippen molar-refractivity contribution in [1.29, 1.82) is 0 Å². The minimum Gasteiger partial charge on any atom is -0.464 e. The van der Waals surface area contributed by atoms with Crippen molar-refractivity contribution in [2.24, 2.45) is 0 Å². The third-order valence-electron chi connectivity index (χ3n) is 3.47. The normalized spacial score (nSPS) is 12.7. The molecule has 2 nitrogen and oxygen atoms in total. The van der Waals surface area contributed by atoms with E-state index in [2.05, 4.69) is 47.8 Å². The molecule has 1 heterocycles. The van der Waals surface area contributed by atoms with Crippen molar-refractivity contribution in [2.45, 2.75) is 13.0 Å². The highest BCUT2D eigenvalue weighted by atomic mass is 16.3. The van der Waals surface area contributed by atoms with Crippen molar-refractivity contribution in [1.82, 2.24) is 5.32 Å². The minimum atomic E-state index is 0.0831. The fraction of sp³-hybridized carbons (Fsp3) is 0.176. The first kappa shape index (κ1) is 12.0. The molecule has 1 atom stereocenters. The topological polar surface area (TPSA) is 25.2 Å². The van der Waals surface area contributed by atoms with Gasteiger partial charge >= 0.3 is 0 Å². The summed E-state index contributed by atoms with van der Waals surface area (Å²) >= 11 is 0. The molecule has 0 amide bonds. The van der Waals surface area contributed by atoms with E-state index in [1.807, 2.05) is 26.1 Å². The molecule has 0 aliphatic heterocycles. The van der Waals surface area contributed by atoms with Crippen LogP contribution in [0.25, 0.3) is 10.8 Å². The summed E-state index contributed by atoms with van der Waals surface area (Å²) < 4.78 is 5.78. The maximum atomic E-state index is 5.78. The molecule has 0 fully saturated rings. The second kappa shape index (κ2) is 4.90. The average molecular weight is 251 g/mol. The van der Waals surface area contributed by atoms with E-state index in [1.54, 1.807) is 0 Å². The highest BCUT2D eigenvalue weighted by Gasteiger charge is 2.17. The van der Waals surface area contributed by atoms with Crippen LogP contribution in [0.15, 0.2) is 59.0 Å². The lowest BCUT2D eigenvalue weighted by molar-refractivity contribution is 0.445. The van der Waals surface area contributed by atoms with Crippen molar-refractivity contribution in [2.75, 3.05) is 7.05 Å². The molecule has 0 radical (unpaired) electrons. The molecule has 3 aromatic rings. The number of nitrogens with one attached hydrogen (secondary N) is 1. The van der Waals surface area contributed by atoms with Crippen LogP contribution in [0.5, 0.6) is 0 Å². The zero-order valence-corrected chi connectivity index (χ0v) is 11.2. The quantitative estimate of drug-likeness (QED) is 0.759. The number of furan rings is 1. The lowest BCUT2D eigenvalue weighted by atomic mass is 9.97. The first-order chi connectivity index (χ1) is 9.29. The van der Waals surface area contributed by atoms with Crippen LogP contribution in [0.4, 0.5) is 0 Å². The fourth-order valence-corrected chi connectivity index (χ4v) is 2.56. The lowest BCUT2D eigenvalue weighted by Gasteiger charge is -2.16. The first-order valence-corrected chi connectivity index (χ1v) is 6.51. The Kier molecular flexibility index (Phi) is 3.10. The Bertz CT molecular complexity index is 694. The summed E-state index contributed by atoms with van der Waals surface area (Å²) in [6, 6.07) is 19.0. The van der Waals surface area contributed by atoms with Gasteiger partial charge in [-0.2, -0.15) is 0 Å². The van der Waals surface area contributed by atoms with E-state index in [9.17, 15) is 0 Å². The zero-order chi connectivity index (χ0) is 13.2. The van der Waals surface area contributed by atoms with Crippen LogP contribution in [-0.4, -0.2) is 7.05 Å². The summed E-state index contributed by atoms with van der Waals surface area (Å²) in [4.78, 5) is 0. The van der Waals surface area contributed by atoms with Crippen molar-refractivity contribution >= 4 is 10.8 Å². The standard InChI is InChI=1S/C17H17NO/c1-12-10-11-16(19-12)17(18-2)15-9-5-7-13-6-3-4-8-14(13)15/h3-11,17-18H,1-2H3. The number of fused-ring (bicyclic) bond motifs is 1. The molecule has 0 saturated heterocycles. The number of benzene rings is 2. The van der Waals surface area contributed by atoms with Gasteiger partial charge in [0.1, 0.15) is 11.5 Å². The molecule has 19 heavy (non-hydrogen) atoms. The smallest absolute Gasteiger partial charge is 0.125 e. The summed E-state index contributed by atoms with van der Waals surface area (Å²) in [6.45, 7) is 1.97. The first-order valence-electron chi connectivity index (χ1n) is 6.51. The Hall–Kier alpha value is -2.06. The molecule has 0 saturated carbocycles. The van der Waals surface area contributed by atoms with Gasteiger partial charge in [0.15, 0.2) is 0 Å². The van der Waals surface area contributed by atoms with E-state index in [4.69, 9.17) is 4.42 Å². The minimum absolute atomic E-state index is 0.0831. The van der Waals surface area contributed by atoms with Gasteiger partial charge in [-0.05, 0) is 42.4 Å². The highest BCUT2D eigenvalue weighted by Crippen LogP contribution is 2.29. The van der Waals surface area contributed by atoms with E-state index in [-0.39, 0.29) is 6.04 Å². The Labute approximate surface area is 113 Å². The molecule has 1 N–H and O–H groups in total. The number of aryl methyl sites for hydroxylation is 1. The predicted molar refractivity (Wildman–Crippen MR) is 78.3 cm³/mol. The Balaban J connectivity index is 2.16. The van der Waals surface area contributed by atoms with Gasteiger partial charge < -0.3 is 9.73 Å². The summed E-state index contributed by atoms with van der Waals surface area (Å²) in [7, 11) is 1.96. The van der Waals surface area contributed by atoms with Crippen molar-refractivity contribution in [3.63, 3.8) is 0 Å². The zero-order valence-electron chi connectivity index (χ0n) is 11.2. The van der Waals surface area contributed by atoms with E-state index in [0.717, 1.165) is 11.5 Å². The van der Waals surface area contributed by atoms with Crippen LogP contribution in [0.3, 0.4) is 0 Å².